The fourth-order valence-corrected chi connectivity index (χ4v) is 1.92. The van der Waals surface area contributed by atoms with E-state index in [0.29, 0.717) is 18.9 Å². The van der Waals surface area contributed by atoms with Crippen LogP contribution in [0.5, 0.6) is 5.88 Å². The minimum atomic E-state index is 0.223. The molecule has 15 heavy (non-hydrogen) atoms. The molecule has 0 aliphatic rings. The molecule has 5 heteroatoms. The first-order chi connectivity index (χ1) is 7.31. The Morgan fingerprint density at radius 1 is 1.53 bits per heavy atom. The van der Waals surface area contributed by atoms with Crippen LogP contribution in [0.2, 0.25) is 0 Å². The summed E-state index contributed by atoms with van der Waals surface area (Å²) in [6.07, 6.45) is 5.68. The lowest BCUT2D eigenvalue weighted by molar-refractivity contribution is 0.319. The lowest BCUT2D eigenvalue weighted by Crippen LogP contribution is -2.01. The average molecular weight is 219 g/mol. The molecule has 0 fully saturated rings. The summed E-state index contributed by atoms with van der Waals surface area (Å²) >= 11 is 1.50. The summed E-state index contributed by atoms with van der Waals surface area (Å²) < 4.78 is 5.43. The van der Waals surface area contributed by atoms with E-state index in [1.807, 2.05) is 11.4 Å². The molecular formula is C10H9N3OS. The third-order valence-electron chi connectivity index (χ3n) is 1.79. The third kappa shape index (κ3) is 2.00. The molecule has 0 aromatic carbocycles. The minimum Gasteiger partial charge on any atom is -0.476 e. The van der Waals surface area contributed by atoms with E-state index in [4.69, 9.17) is 16.9 Å². The van der Waals surface area contributed by atoms with Gasteiger partial charge in [0.15, 0.2) is 0 Å². The summed E-state index contributed by atoms with van der Waals surface area (Å²) in [5, 5.41) is 2.80. The maximum absolute atomic E-state index is 5.55. The number of rotatable bonds is 3. The van der Waals surface area contributed by atoms with Crippen LogP contribution in [0.25, 0.3) is 10.2 Å². The van der Waals surface area contributed by atoms with Gasteiger partial charge in [0, 0.05) is 6.42 Å². The van der Waals surface area contributed by atoms with Gasteiger partial charge < -0.3 is 10.5 Å². The van der Waals surface area contributed by atoms with Crippen molar-refractivity contribution in [1.29, 1.82) is 0 Å². The van der Waals surface area contributed by atoms with E-state index < -0.39 is 0 Å². The standard InChI is InChI=1S/C10H9N3OS/c1-2-3-5-14-8-7-4-6-15-9(7)13-10(11)12-8/h1,4,6H,3,5H2,(H2,11,12,13). The van der Waals surface area contributed by atoms with Crippen molar-refractivity contribution >= 4 is 27.5 Å². The van der Waals surface area contributed by atoms with Gasteiger partial charge in [-0.25, -0.2) is 4.98 Å². The molecule has 0 aliphatic carbocycles. The molecule has 4 nitrogen and oxygen atoms in total. The van der Waals surface area contributed by atoms with E-state index in [1.54, 1.807) is 0 Å². The van der Waals surface area contributed by atoms with E-state index in [9.17, 15) is 0 Å². The van der Waals surface area contributed by atoms with Gasteiger partial charge in [-0.3, -0.25) is 0 Å². The second kappa shape index (κ2) is 4.15. The highest BCUT2D eigenvalue weighted by Crippen LogP contribution is 2.27. The highest BCUT2D eigenvalue weighted by molar-refractivity contribution is 7.16. The molecule has 0 bridgehead atoms. The van der Waals surface area contributed by atoms with E-state index >= 15 is 0 Å². The van der Waals surface area contributed by atoms with Gasteiger partial charge in [0.1, 0.15) is 11.4 Å². The first-order valence-corrected chi connectivity index (χ1v) is 5.26. The van der Waals surface area contributed by atoms with Crippen molar-refractivity contribution in [2.45, 2.75) is 6.42 Å². The van der Waals surface area contributed by atoms with Crippen molar-refractivity contribution in [3.8, 4) is 18.2 Å². The fraction of sp³-hybridized carbons (Fsp3) is 0.200. The molecule has 76 valence electrons. The Balaban J connectivity index is 2.32. The maximum Gasteiger partial charge on any atom is 0.227 e. The highest BCUT2D eigenvalue weighted by atomic mass is 32.1. The molecule has 0 atom stereocenters. The Labute approximate surface area is 91.1 Å². The second-order valence-electron chi connectivity index (χ2n) is 2.83. The average Bonchev–Trinajstić information content (AvgIpc) is 2.65. The zero-order chi connectivity index (χ0) is 10.7. The first-order valence-electron chi connectivity index (χ1n) is 4.38. The highest BCUT2D eigenvalue weighted by Gasteiger charge is 2.07. The van der Waals surface area contributed by atoms with Crippen molar-refractivity contribution in [3.05, 3.63) is 11.4 Å². The predicted molar refractivity (Wildman–Crippen MR) is 60.8 cm³/mol. The Kier molecular flexibility index (Phi) is 2.70. The molecule has 2 aromatic heterocycles. The number of hydrogen-bond acceptors (Lipinski definition) is 5. The summed E-state index contributed by atoms with van der Waals surface area (Å²) in [5.74, 6) is 3.23. The van der Waals surface area contributed by atoms with Crippen LogP contribution < -0.4 is 10.5 Å². The number of ether oxygens (including phenoxy) is 1. The number of nitrogens with two attached hydrogens (primary N) is 1. The predicted octanol–water partition coefficient (Wildman–Crippen LogP) is 1.68. The Bertz CT molecular complexity index is 515. The summed E-state index contributed by atoms with van der Waals surface area (Å²) in [5.41, 5.74) is 5.55. The van der Waals surface area contributed by atoms with Gasteiger partial charge in [0.05, 0.1) is 5.39 Å². The van der Waals surface area contributed by atoms with Crippen LogP contribution in [0.15, 0.2) is 11.4 Å². The lowest BCUT2D eigenvalue weighted by atomic mass is 10.4. The molecule has 2 heterocycles. The second-order valence-corrected chi connectivity index (χ2v) is 3.72. The van der Waals surface area contributed by atoms with Gasteiger partial charge >= 0.3 is 0 Å². The maximum atomic E-state index is 5.55. The summed E-state index contributed by atoms with van der Waals surface area (Å²) in [6, 6.07) is 1.91. The van der Waals surface area contributed by atoms with Crippen molar-refractivity contribution in [1.82, 2.24) is 9.97 Å². The third-order valence-corrected chi connectivity index (χ3v) is 2.60. The molecule has 0 unspecified atom stereocenters. The van der Waals surface area contributed by atoms with Crippen LogP contribution in [-0.4, -0.2) is 16.6 Å². The van der Waals surface area contributed by atoms with Crippen LogP contribution in [0.3, 0.4) is 0 Å². The SMILES string of the molecule is C#CCCOc1nc(N)nc2sccc12. The molecule has 0 amide bonds. The van der Waals surface area contributed by atoms with Crippen LogP contribution in [-0.2, 0) is 0 Å². The Morgan fingerprint density at radius 3 is 3.20 bits per heavy atom. The monoisotopic (exact) mass is 219 g/mol. The molecule has 0 saturated heterocycles. The summed E-state index contributed by atoms with van der Waals surface area (Å²) in [7, 11) is 0. The lowest BCUT2D eigenvalue weighted by Gasteiger charge is -2.04. The van der Waals surface area contributed by atoms with Gasteiger partial charge in [-0.2, -0.15) is 4.98 Å². The van der Waals surface area contributed by atoms with E-state index in [2.05, 4.69) is 15.9 Å². The number of hydrogen-bond donors (Lipinski definition) is 1. The van der Waals surface area contributed by atoms with Crippen molar-refractivity contribution < 1.29 is 4.74 Å². The fourth-order valence-electron chi connectivity index (χ4n) is 1.16. The normalized spacial score (nSPS) is 10.1. The molecule has 2 N–H and O–H groups in total. The van der Waals surface area contributed by atoms with E-state index in [1.165, 1.54) is 11.3 Å². The topological polar surface area (TPSA) is 61.0 Å². The van der Waals surface area contributed by atoms with Crippen LogP contribution in [0.4, 0.5) is 5.95 Å². The largest absolute Gasteiger partial charge is 0.476 e. The number of nitrogen functional groups attached to an aromatic ring is 1. The number of fused-ring (bicyclic) bond motifs is 1. The zero-order valence-corrected chi connectivity index (χ0v) is 8.75. The molecule has 2 aromatic rings. The Morgan fingerprint density at radius 2 is 2.40 bits per heavy atom. The van der Waals surface area contributed by atoms with Gasteiger partial charge in [-0.15, -0.1) is 23.7 Å². The van der Waals surface area contributed by atoms with E-state index in [0.717, 1.165) is 10.2 Å². The van der Waals surface area contributed by atoms with Crippen molar-refractivity contribution in [2.75, 3.05) is 12.3 Å². The van der Waals surface area contributed by atoms with Crippen molar-refractivity contribution in [2.24, 2.45) is 0 Å². The number of nitrogens with zero attached hydrogens (tertiary/aromatic N) is 2. The van der Waals surface area contributed by atoms with Gasteiger partial charge in [0.25, 0.3) is 0 Å². The molecule has 0 saturated carbocycles. The molecule has 0 radical (unpaired) electrons. The summed E-state index contributed by atoms with van der Waals surface area (Å²) in [4.78, 5) is 8.95. The molecule has 0 spiro atoms. The smallest absolute Gasteiger partial charge is 0.227 e. The number of terminal acetylenes is 1. The number of anilines is 1. The van der Waals surface area contributed by atoms with Gasteiger partial charge in [0.2, 0.25) is 11.8 Å². The first kappa shape index (κ1) is 9.74. The minimum absolute atomic E-state index is 0.223. The van der Waals surface area contributed by atoms with Crippen LogP contribution in [0, 0.1) is 12.3 Å². The molecule has 0 aliphatic heterocycles. The van der Waals surface area contributed by atoms with Gasteiger partial charge in [-0.05, 0) is 11.4 Å². The van der Waals surface area contributed by atoms with Gasteiger partial charge in [-0.1, -0.05) is 0 Å². The zero-order valence-electron chi connectivity index (χ0n) is 7.93. The van der Waals surface area contributed by atoms with Crippen molar-refractivity contribution in [3.63, 3.8) is 0 Å². The molecule has 2 rings (SSSR count). The number of thiophene rings is 1. The molecular weight excluding hydrogens is 210 g/mol. The van der Waals surface area contributed by atoms with Crippen LogP contribution in [0.1, 0.15) is 6.42 Å². The van der Waals surface area contributed by atoms with Crippen LogP contribution >= 0.6 is 11.3 Å². The number of aromatic nitrogens is 2. The summed E-state index contributed by atoms with van der Waals surface area (Å²) in [6.45, 7) is 0.442. The van der Waals surface area contributed by atoms with E-state index in [-0.39, 0.29) is 5.95 Å². The Hall–Kier alpha value is -1.80. The quantitative estimate of drug-likeness (QED) is 0.630.